The fourth-order valence-corrected chi connectivity index (χ4v) is 1.94. The number of nitrogens with zero attached hydrogens (tertiary/aromatic N) is 3. The summed E-state index contributed by atoms with van der Waals surface area (Å²) in [7, 11) is 0. The number of fused-ring (bicyclic) bond motifs is 2. The van der Waals surface area contributed by atoms with Gasteiger partial charge in [0.2, 0.25) is 0 Å². The molecule has 0 bridgehead atoms. The first kappa shape index (κ1) is 6.29. The first-order chi connectivity index (χ1) is 5.93. The van der Waals surface area contributed by atoms with Crippen molar-refractivity contribution in [3.8, 4) is 0 Å². The molecule has 0 saturated carbocycles. The molecule has 1 aromatic heterocycles. The van der Waals surface area contributed by atoms with E-state index in [1.54, 1.807) is 0 Å². The highest BCUT2D eigenvalue weighted by Crippen LogP contribution is 2.17. The molecule has 0 N–H and O–H groups in total. The van der Waals surface area contributed by atoms with E-state index in [1.807, 2.05) is 0 Å². The highest BCUT2D eigenvalue weighted by Gasteiger charge is 2.22. The maximum atomic E-state index is 4.46. The Hall–Kier alpha value is -1.25. The van der Waals surface area contributed by atoms with Gasteiger partial charge < -0.3 is 9.47 Å². The number of hydrogen-bond acceptors (Lipinski definition) is 2. The zero-order valence-corrected chi connectivity index (χ0v) is 6.90. The molecule has 0 saturated heterocycles. The molecule has 0 aromatic carbocycles. The van der Waals surface area contributed by atoms with Gasteiger partial charge in [-0.25, -0.2) is 0 Å². The highest BCUT2D eigenvalue weighted by atomic mass is 15.3. The van der Waals surface area contributed by atoms with Gasteiger partial charge in [-0.15, -0.1) is 0 Å². The first-order valence-corrected chi connectivity index (χ1v) is 4.36. The Morgan fingerprint density at radius 2 is 2.33 bits per heavy atom. The number of amidine groups is 1. The molecule has 12 heavy (non-hydrogen) atoms. The van der Waals surface area contributed by atoms with Crippen LogP contribution < -0.4 is 0 Å². The van der Waals surface area contributed by atoms with Crippen molar-refractivity contribution in [2.75, 3.05) is 13.1 Å². The van der Waals surface area contributed by atoms with Gasteiger partial charge in [0.1, 0.15) is 5.84 Å². The fraction of sp³-hybridized carbons (Fsp3) is 0.444. The normalized spacial score (nSPS) is 20.3. The molecule has 0 fully saturated rings. The van der Waals surface area contributed by atoms with E-state index in [2.05, 4.69) is 32.8 Å². The Balaban J connectivity index is 2.04. The van der Waals surface area contributed by atoms with Crippen LogP contribution in [0.5, 0.6) is 0 Å². The van der Waals surface area contributed by atoms with Gasteiger partial charge in [-0.1, -0.05) is 0 Å². The predicted octanol–water partition coefficient (Wildman–Crippen LogP) is 0.716. The van der Waals surface area contributed by atoms with Gasteiger partial charge >= 0.3 is 0 Å². The van der Waals surface area contributed by atoms with Crippen LogP contribution in [0.25, 0.3) is 0 Å². The lowest BCUT2D eigenvalue weighted by Gasteiger charge is -2.27. The van der Waals surface area contributed by atoms with Crippen molar-refractivity contribution >= 4 is 5.84 Å². The van der Waals surface area contributed by atoms with Crippen molar-refractivity contribution in [2.45, 2.75) is 13.1 Å². The topological polar surface area (TPSA) is 20.5 Å². The van der Waals surface area contributed by atoms with Gasteiger partial charge in [0, 0.05) is 18.4 Å². The number of hydrogen-bond donors (Lipinski definition) is 0. The summed E-state index contributed by atoms with van der Waals surface area (Å²) in [6, 6.07) is 4.30. The number of aliphatic imine (C=N–C) groups is 1. The van der Waals surface area contributed by atoms with Crippen LogP contribution in [0.2, 0.25) is 0 Å². The summed E-state index contributed by atoms with van der Waals surface area (Å²) in [5, 5.41) is 0. The van der Waals surface area contributed by atoms with Gasteiger partial charge in [0.25, 0.3) is 0 Å². The molecule has 3 heteroatoms. The van der Waals surface area contributed by atoms with E-state index in [0.29, 0.717) is 0 Å². The van der Waals surface area contributed by atoms with Crippen molar-refractivity contribution < 1.29 is 0 Å². The zero-order chi connectivity index (χ0) is 7.97. The largest absolute Gasteiger partial charge is 0.351 e. The summed E-state index contributed by atoms with van der Waals surface area (Å²) in [6.07, 6.45) is 2.13. The fourth-order valence-electron chi connectivity index (χ4n) is 1.94. The Bertz CT molecular complexity index is 337. The first-order valence-electron chi connectivity index (χ1n) is 4.36. The second-order valence-electron chi connectivity index (χ2n) is 3.35. The van der Waals surface area contributed by atoms with Gasteiger partial charge in [-0.3, -0.25) is 4.99 Å². The monoisotopic (exact) mass is 161 g/mol. The zero-order valence-electron chi connectivity index (χ0n) is 6.90. The minimum absolute atomic E-state index is 0.975. The van der Waals surface area contributed by atoms with Crippen LogP contribution in [0, 0.1) is 0 Å². The molecule has 3 heterocycles. The molecule has 3 rings (SSSR count). The van der Waals surface area contributed by atoms with Crippen LogP contribution in [-0.4, -0.2) is 28.4 Å². The summed E-state index contributed by atoms with van der Waals surface area (Å²) in [6.45, 7) is 4.12. The lowest BCUT2D eigenvalue weighted by molar-refractivity contribution is 0.402. The van der Waals surface area contributed by atoms with E-state index in [9.17, 15) is 0 Å². The predicted molar refractivity (Wildman–Crippen MR) is 47.1 cm³/mol. The quantitative estimate of drug-likeness (QED) is 0.549. The number of aromatic nitrogens is 1. The second kappa shape index (κ2) is 2.12. The van der Waals surface area contributed by atoms with E-state index < -0.39 is 0 Å². The lowest BCUT2D eigenvalue weighted by Crippen LogP contribution is -2.35. The standard InChI is InChI=1S/C9H11N3/c1-2-8-6-12-5-3-10-9(12)7-11(8)4-1/h1-2,4H,3,5-7H2. The Kier molecular flexibility index (Phi) is 1.11. The molecule has 1 aromatic rings. The molecule has 0 unspecified atom stereocenters. The Morgan fingerprint density at radius 1 is 1.33 bits per heavy atom. The minimum Gasteiger partial charge on any atom is -0.351 e. The molecule has 0 aliphatic carbocycles. The molecule has 0 atom stereocenters. The maximum absolute atomic E-state index is 4.46. The van der Waals surface area contributed by atoms with Crippen molar-refractivity contribution in [3.05, 3.63) is 24.0 Å². The van der Waals surface area contributed by atoms with Crippen LogP contribution in [0.15, 0.2) is 23.3 Å². The molecular formula is C9H11N3. The van der Waals surface area contributed by atoms with Crippen molar-refractivity contribution in [2.24, 2.45) is 4.99 Å². The average Bonchev–Trinajstić information content (AvgIpc) is 2.64. The minimum atomic E-state index is 0.975. The summed E-state index contributed by atoms with van der Waals surface area (Å²) in [5.74, 6) is 1.26. The van der Waals surface area contributed by atoms with Crippen LogP contribution in [0.4, 0.5) is 0 Å². The molecule has 0 amide bonds. The van der Waals surface area contributed by atoms with E-state index in [0.717, 1.165) is 26.2 Å². The average molecular weight is 161 g/mol. The summed E-state index contributed by atoms with van der Waals surface area (Å²) >= 11 is 0. The van der Waals surface area contributed by atoms with E-state index in [4.69, 9.17) is 0 Å². The van der Waals surface area contributed by atoms with Crippen LogP contribution >= 0.6 is 0 Å². The van der Waals surface area contributed by atoms with Crippen LogP contribution in [0.3, 0.4) is 0 Å². The highest BCUT2D eigenvalue weighted by molar-refractivity contribution is 5.84. The van der Waals surface area contributed by atoms with Gasteiger partial charge in [-0.05, 0) is 12.1 Å². The summed E-state index contributed by atoms with van der Waals surface area (Å²) < 4.78 is 2.28. The van der Waals surface area contributed by atoms with E-state index in [-0.39, 0.29) is 0 Å². The molecule has 0 spiro atoms. The van der Waals surface area contributed by atoms with Gasteiger partial charge in [-0.2, -0.15) is 0 Å². The van der Waals surface area contributed by atoms with Gasteiger partial charge in [0.05, 0.1) is 19.6 Å². The summed E-state index contributed by atoms with van der Waals surface area (Å²) in [4.78, 5) is 6.83. The van der Waals surface area contributed by atoms with Crippen molar-refractivity contribution in [1.82, 2.24) is 9.47 Å². The van der Waals surface area contributed by atoms with E-state index >= 15 is 0 Å². The molecule has 2 aliphatic rings. The molecule has 0 radical (unpaired) electrons. The second-order valence-corrected chi connectivity index (χ2v) is 3.35. The van der Waals surface area contributed by atoms with Crippen molar-refractivity contribution in [3.63, 3.8) is 0 Å². The summed E-state index contributed by atoms with van der Waals surface area (Å²) in [5.41, 5.74) is 1.41. The van der Waals surface area contributed by atoms with Crippen molar-refractivity contribution in [1.29, 1.82) is 0 Å². The van der Waals surface area contributed by atoms with Crippen LogP contribution in [-0.2, 0) is 13.1 Å². The third-order valence-corrected chi connectivity index (χ3v) is 2.62. The molecule has 2 aliphatic heterocycles. The molecular weight excluding hydrogens is 150 g/mol. The number of rotatable bonds is 0. The lowest BCUT2D eigenvalue weighted by atomic mass is 10.3. The Labute approximate surface area is 71.3 Å². The SMILES string of the molecule is c1cc2n(c1)CC1=NCCN1C2. The third-order valence-electron chi connectivity index (χ3n) is 2.62. The maximum Gasteiger partial charge on any atom is 0.119 e. The third kappa shape index (κ3) is 0.734. The smallest absolute Gasteiger partial charge is 0.119 e. The van der Waals surface area contributed by atoms with Crippen LogP contribution in [0.1, 0.15) is 5.69 Å². The Morgan fingerprint density at radius 3 is 3.33 bits per heavy atom. The van der Waals surface area contributed by atoms with E-state index in [1.165, 1.54) is 11.5 Å². The molecule has 62 valence electrons. The van der Waals surface area contributed by atoms with Gasteiger partial charge in [0.15, 0.2) is 0 Å². The molecule has 3 nitrogen and oxygen atoms in total.